The summed E-state index contributed by atoms with van der Waals surface area (Å²) in [6.07, 6.45) is 5.14. The van der Waals surface area contributed by atoms with Crippen molar-refractivity contribution >= 4 is 12.6 Å². The first-order valence-electron chi connectivity index (χ1n) is 3.49. The van der Waals surface area contributed by atoms with E-state index in [0.717, 1.165) is 24.4 Å². The lowest BCUT2D eigenvalue weighted by Gasteiger charge is -2.00. The summed E-state index contributed by atoms with van der Waals surface area (Å²) in [5, 5.41) is 3.19. The molecule has 0 spiro atoms. The van der Waals surface area contributed by atoms with Gasteiger partial charge in [-0.05, 0) is 0 Å². The molecule has 0 atom stereocenters. The summed E-state index contributed by atoms with van der Waals surface area (Å²) in [6.45, 7) is 1.74. The molecule has 1 aromatic rings. The molecule has 1 aromatic heterocycles. The van der Waals surface area contributed by atoms with Crippen molar-refractivity contribution in [2.45, 2.75) is 6.54 Å². The van der Waals surface area contributed by atoms with E-state index in [9.17, 15) is 0 Å². The number of hydrogen-bond donors (Lipinski definition) is 2. The maximum Gasteiger partial charge on any atom is 0.115 e. The second kappa shape index (κ2) is 5.09. The molecule has 0 fully saturated rings. The van der Waals surface area contributed by atoms with E-state index < -0.39 is 0 Å². The molecule has 0 saturated heterocycles. The van der Waals surface area contributed by atoms with Gasteiger partial charge in [0.15, 0.2) is 0 Å². The molecule has 11 heavy (non-hydrogen) atoms. The molecule has 0 amide bonds. The Bertz CT molecular complexity index is 190. The molecule has 0 unspecified atom stereocenters. The van der Waals surface area contributed by atoms with Gasteiger partial charge in [0, 0.05) is 36.8 Å². The van der Waals surface area contributed by atoms with Gasteiger partial charge in [-0.1, -0.05) is 0 Å². The Kier molecular flexibility index (Phi) is 3.93. The molecule has 0 bridgehead atoms. The number of nitrogens with zero attached hydrogens (tertiary/aromatic N) is 2. The number of aromatic nitrogens is 2. The monoisotopic (exact) mass is 169 g/mol. The van der Waals surface area contributed by atoms with Gasteiger partial charge in [-0.2, -0.15) is 12.6 Å². The molecule has 60 valence electrons. The van der Waals surface area contributed by atoms with Crippen LogP contribution in [0.2, 0.25) is 0 Å². The van der Waals surface area contributed by atoms with E-state index in [2.05, 4.69) is 27.9 Å². The fraction of sp³-hybridized carbons (Fsp3) is 0.429. The zero-order valence-electron chi connectivity index (χ0n) is 6.20. The van der Waals surface area contributed by atoms with E-state index in [4.69, 9.17) is 0 Å². The molecule has 0 aliphatic rings. The van der Waals surface area contributed by atoms with Crippen molar-refractivity contribution in [1.29, 1.82) is 0 Å². The Hall–Kier alpha value is -0.610. The average molecular weight is 169 g/mol. The van der Waals surface area contributed by atoms with Crippen molar-refractivity contribution in [1.82, 2.24) is 15.3 Å². The molecular formula is C7H11N3S. The number of hydrogen-bond acceptors (Lipinski definition) is 4. The second-order valence-electron chi connectivity index (χ2n) is 2.15. The largest absolute Gasteiger partial charge is 0.312 e. The van der Waals surface area contributed by atoms with Crippen molar-refractivity contribution in [3.05, 3.63) is 24.3 Å². The van der Waals surface area contributed by atoms with Crippen molar-refractivity contribution < 1.29 is 0 Å². The van der Waals surface area contributed by atoms with E-state index in [1.54, 1.807) is 12.4 Å². The average Bonchev–Trinajstić information content (AvgIpc) is 2.07. The Morgan fingerprint density at radius 3 is 2.73 bits per heavy atom. The molecule has 3 nitrogen and oxygen atoms in total. The van der Waals surface area contributed by atoms with Gasteiger partial charge in [-0.3, -0.25) is 0 Å². The maximum absolute atomic E-state index is 4.07. The summed E-state index contributed by atoms with van der Waals surface area (Å²) in [4.78, 5) is 7.79. The topological polar surface area (TPSA) is 37.8 Å². The molecule has 0 aromatic carbocycles. The lowest BCUT2D eigenvalue weighted by Crippen LogP contribution is -2.15. The number of rotatable bonds is 4. The SMILES string of the molecule is SCCNCc1cncnc1. The van der Waals surface area contributed by atoms with Gasteiger partial charge in [0.25, 0.3) is 0 Å². The quantitative estimate of drug-likeness (QED) is 0.509. The van der Waals surface area contributed by atoms with Gasteiger partial charge < -0.3 is 5.32 Å². The molecule has 0 aliphatic heterocycles. The Labute approximate surface area is 71.7 Å². The Morgan fingerprint density at radius 2 is 2.09 bits per heavy atom. The van der Waals surface area contributed by atoms with Crippen LogP contribution in [0.15, 0.2) is 18.7 Å². The first-order chi connectivity index (χ1) is 5.43. The predicted molar refractivity (Wildman–Crippen MR) is 47.6 cm³/mol. The van der Waals surface area contributed by atoms with E-state index in [1.807, 2.05) is 0 Å². The minimum atomic E-state index is 0.821. The highest BCUT2D eigenvalue weighted by molar-refractivity contribution is 7.80. The molecule has 4 heteroatoms. The normalized spacial score (nSPS) is 9.91. The van der Waals surface area contributed by atoms with Gasteiger partial charge in [0.1, 0.15) is 6.33 Å². The highest BCUT2D eigenvalue weighted by atomic mass is 32.1. The van der Waals surface area contributed by atoms with Crippen LogP contribution in [-0.2, 0) is 6.54 Å². The van der Waals surface area contributed by atoms with Crippen LogP contribution in [0.5, 0.6) is 0 Å². The van der Waals surface area contributed by atoms with Crippen LogP contribution in [0, 0.1) is 0 Å². The van der Waals surface area contributed by atoms with Crippen LogP contribution in [-0.4, -0.2) is 22.3 Å². The van der Waals surface area contributed by atoms with Gasteiger partial charge in [0.05, 0.1) is 0 Å². The van der Waals surface area contributed by atoms with Crippen molar-refractivity contribution in [2.24, 2.45) is 0 Å². The summed E-state index contributed by atoms with van der Waals surface area (Å²) in [5.41, 5.74) is 1.11. The standard InChI is InChI=1S/C7H11N3S/c11-2-1-8-3-7-4-9-6-10-5-7/h4-6,8,11H,1-3H2. The smallest absolute Gasteiger partial charge is 0.115 e. The number of thiol groups is 1. The highest BCUT2D eigenvalue weighted by Gasteiger charge is 1.89. The third kappa shape index (κ3) is 3.34. The van der Waals surface area contributed by atoms with Crippen LogP contribution in [0.4, 0.5) is 0 Å². The predicted octanol–water partition coefficient (Wildman–Crippen LogP) is 0.496. The van der Waals surface area contributed by atoms with E-state index in [0.29, 0.717) is 0 Å². The van der Waals surface area contributed by atoms with Crippen LogP contribution >= 0.6 is 12.6 Å². The molecule has 0 radical (unpaired) electrons. The zero-order chi connectivity index (χ0) is 7.94. The van der Waals surface area contributed by atoms with Crippen LogP contribution < -0.4 is 5.32 Å². The summed E-state index contributed by atoms with van der Waals surface area (Å²) < 4.78 is 0. The first-order valence-corrected chi connectivity index (χ1v) is 4.12. The van der Waals surface area contributed by atoms with Gasteiger partial charge >= 0.3 is 0 Å². The molecule has 0 saturated carbocycles. The first kappa shape index (κ1) is 8.49. The van der Waals surface area contributed by atoms with Crippen LogP contribution in [0.3, 0.4) is 0 Å². The summed E-state index contributed by atoms with van der Waals surface area (Å²) >= 11 is 4.07. The Balaban J connectivity index is 2.28. The highest BCUT2D eigenvalue weighted by Crippen LogP contribution is 1.90. The Morgan fingerprint density at radius 1 is 1.36 bits per heavy atom. The second-order valence-corrected chi connectivity index (χ2v) is 2.59. The fourth-order valence-corrected chi connectivity index (χ4v) is 0.891. The molecule has 0 aliphatic carbocycles. The fourth-order valence-electron chi connectivity index (χ4n) is 0.733. The molecule has 1 heterocycles. The molecule has 1 N–H and O–H groups in total. The lowest BCUT2D eigenvalue weighted by atomic mass is 10.3. The van der Waals surface area contributed by atoms with Gasteiger partial charge in [-0.15, -0.1) is 0 Å². The summed E-state index contributed by atoms with van der Waals surface area (Å²) in [7, 11) is 0. The van der Waals surface area contributed by atoms with Crippen molar-refractivity contribution in [3.8, 4) is 0 Å². The summed E-state index contributed by atoms with van der Waals surface area (Å²) in [6, 6.07) is 0. The molecule has 1 rings (SSSR count). The third-order valence-electron chi connectivity index (χ3n) is 1.23. The summed E-state index contributed by atoms with van der Waals surface area (Å²) in [5.74, 6) is 0.855. The minimum Gasteiger partial charge on any atom is -0.312 e. The maximum atomic E-state index is 4.07. The lowest BCUT2D eigenvalue weighted by molar-refractivity contribution is 0.727. The third-order valence-corrected chi connectivity index (χ3v) is 1.46. The van der Waals surface area contributed by atoms with Crippen LogP contribution in [0.25, 0.3) is 0 Å². The number of nitrogens with one attached hydrogen (secondary N) is 1. The molecular weight excluding hydrogens is 158 g/mol. The van der Waals surface area contributed by atoms with E-state index >= 15 is 0 Å². The van der Waals surface area contributed by atoms with Gasteiger partial charge in [0.2, 0.25) is 0 Å². The van der Waals surface area contributed by atoms with Gasteiger partial charge in [-0.25, -0.2) is 9.97 Å². The van der Waals surface area contributed by atoms with Crippen LogP contribution in [0.1, 0.15) is 5.56 Å². The zero-order valence-corrected chi connectivity index (χ0v) is 7.09. The van der Waals surface area contributed by atoms with Crippen molar-refractivity contribution in [2.75, 3.05) is 12.3 Å². The van der Waals surface area contributed by atoms with E-state index in [1.165, 1.54) is 6.33 Å². The minimum absolute atomic E-state index is 0.821. The van der Waals surface area contributed by atoms with E-state index in [-0.39, 0.29) is 0 Å². The van der Waals surface area contributed by atoms with Crippen molar-refractivity contribution in [3.63, 3.8) is 0 Å².